The molecule has 2 rings (SSSR count). The maximum absolute atomic E-state index is 12.9. The van der Waals surface area contributed by atoms with Crippen LogP contribution in [0.2, 0.25) is 5.02 Å². The Morgan fingerprint density at radius 1 is 1.21 bits per heavy atom. The van der Waals surface area contributed by atoms with Gasteiger partial charge in [-0.15, -0.1) is 0 Å². The zero-order chi connectivity index (χ0) is 13.5. The molecule has 0 saturated heterocycles. The lowest BCUT2D eigenvalue weighted by atomic mass is 10.1. The predicted molar refractivity (Wildman–Crippen MR) is 76.4 cm³/mol. The molecule has 0 aliphatic heterocycles. The van der Waals surface area contributed by atoms with Crippen LogP contribution in [0.25, 0.3) is 0 Å². The molecule has 1 aromatic rings. The third kappa shape index (κ3) is 5.00. The fourth-order valence-electron chi connectivity index (χ4n) is 2.50. The third-order valence-electron chi connectivity index (χ3n) is 3.54. The molecular weight excluding hydrogens is 265 g/mol. The number of ether oxygens (including phenoxy) is 1. The fraction of sp³-hybridized carbons (Fsp3) is 0.600. The highest BCUT2D eigenvalue weighted by atomic mass is 35.5. The number of nitrogens with one attached hydrogen (secondary N) is 1. The average Bonchev–Trinajstić information content (AvgIpc) is 2.65. The van der Waals surface area contributed by atoms with Crippen LogP contribution in [0.3, 0.4) is 0 Å². The van der Waals surface area contributed by atoms with Crippen molar-refractivity contribution in [1.29, 1.82) is 0 Å². The summed E-state index contributed by atoms with van der Waals surface area (Å²) in [4.78, 5) is 0. The van der Waals surface area contributed by atoms with E-state index >= 15 is 0 Å². The van der Waals surface area contributed by atoms with Crippen LogP contribution in [-0.4, -0.2) is 19.2 Å². The van der Waals surface area contributed by atoms with Gasteiger partial charge in [-0.3, -0.25) is 0 Å². The van der Waals surface area contributed by atoms with Crippen molar-refractivity contribution < 1.29 is 9.13 Å². The van der Waals surface area contributed by atoms with E-state index < -0.39 is 0 Å². The molecule has 0 radical (unpaired) electrons. The summed E-state index contributed by atoms with van der Waals surface area (Å²) >= 11 is 5.89. The summed E-state index contributed by atoms with van der Waals surface area (Å²) in [5.74, 6) is 0.208. The van der Waals surface area contributed by atoms with E-state index in [4.69, 9.17) is 16.3 Å². The quantitative estimate of drug-likeness (QED) is 0.647. The molecule has 1 aliphatic carbocycles. The molecule has 19 heavy (non-hydrogen) atoms. The first-order valence-corrected chi connectivity index (χ1v) is 7.45. The number of rotatable bonds is 5. The number of hydrogen-bond acceptors (Lipinski definition) is 2. The fourth-order valence-corrected chi connectivity index (χ4v) is 2.72. The number of halogens is 2. The van der Waals surface area contributed by atoms with Gasteiger partial charge in [-0.05, 0) is 31.0 Å². The Labute approximate surface area is 119 Å². The van der Waals surface area contributed by atoms with Crippen LogP contribution in [0.1, 0.15) is 38.5 Å². The van der Waals surface area contributed by atoms with Gasteiger partial charge in [-0.2, -0.15) is 0 Å². The standard InChI is InChI=1S/C15H21ClFNO/c16-14-11-12(17)7-8-15(14)19-10-9-18-13-5-3-1-2-4-6-13/h7-8,11,13,18H,1-6,9-10H2. The van der Waals surface area contributed by atoms with Gasteiger partial charge in [0.25, 0.3) is 0 Å². The highest BCUT2D eigenvalue weighted by molar-refractivity contribution is 6.32. The van der Waals surface area contributed by atoms with Gasteiger partial charge in [0.2, 0.25) is 0 Å². The lowest BCUT2D eigenvalue weighted by Gasteiger charge is -2.16. The minimum Gasteiger partial charge on any atom is -0.491 e. The van der Waals surface area contributed by atoms with E-state index in [0.717, 1.165) is 6.54 Å². The van der Waals surface area contributed by atoms with Gasteiger partial charge < -0.3 is 10.1 Å². The van der Waals surface area contributed by atoms with Crippen LogP contribution in [0, 0.1) is 5.82 Å². The highest BCUT2D eigenvalue weighted by Crippen LogP contribution is 2.24. The molecule has 4 heteroatoms. The van der Waals surface area contributed by atoms with Gasteiger partial charge in [-0.1, -0.05) is 37.3 Å². The van der Waals surface area contributed by atoms with Crippen LogP contribution < -0.4 is 10.1 Å². The summed E-state index contributed by atoms with van der Waals surface area (Å²) in [5.41, 5.74) is 0. The van der Waals surface area contributed by atoms with E-state index in [0.29, 0.717) is 23.4 Å². The zero-order valence-corrected chi connectivity index (χ0v) is 11.9. The minimum absolute atomic E-state index is 0.328. The Balaban J connectivity index is 1.68. The van der Waals surface area contributed by atoms with Crippen molar-refractivity contribution >= 4 is 11.6 Å². The van der Waals surface area contributed by atoms with Gasteiger partial charge >= 0.3 is 0 Å². The summed E-state index contributed by atoms with van der Waals surface area (Å²) in [6.45, 7) is 1.36. The summed E-state index contributed by atoms with van der Waals surface area (Å²) in [7, 11) is 0. The summed E-state index contributed by atoms with van der Waals surface area (Å²) in [6.07, 6.45) is 7.89. The number of benzene rings is 1. The van der Waals surface area contributed by atoms with Crippen molar-refractivity contribution in [2.24, 2.45) is 0 Å². The Morgan fingerprint density at radius 2 is 1.95 bits per heavy atom. The third-order valence-corrected chi connectivity index (χ3v) is 3.84. The molecule has 0 unspecified atom stereocenters. The van der Waals surface area contributed by atoms with Gasteiger partial charge in [0.1, 0.15) is 18.2 Å². The molecule has 1 N–H and O–H groups in total. The van der Waals surface area contributed by atoms with Crippen molar-refractivity contribution in [2.45, 2.75) is 44.6 Å². The largest absolute Gasteiger partial charge is 0.491 e. The zero-order valence-electron chi connectivity index (χ0n) is 11.1. The molecule has 1 aromatic carbocycles. The first-order valence-electron chi connectivity index (χ1n) is 7.07. The molecule has 2 nitrogen and oxygen atoms in total. The van der Waals surface area contributed by atoms with Crippen LogP contribution >= 0.6 is 11.6 Å². The molecule has 1 saturated carbocycles. The minimum atomic E-state index is -0.339. The first kappa shape index (κ1) is 14.6. The summed E-state index contributed by atoms with van der Waals surface area (Å²) < 4.78 is 18.4. The second-order valence-corrected chi connectivity index (χ2v) is 5.47. The van der Waals surface area contributed by atoms with Crippen molar-refractivity contribution in [3.63, 3.8) is 0 Å². The molecule has 0 spiro atoms. The molecule has 0 atom stereocenters. The van der Waals surface area contributed by atoms with Gasteiger partial charge in [0.05, 0.1) is 5.02 Å². The van der Waals surface area contributed by atoms with Gasteiger partial charge in [0.15, 0.2) is 0 Å². The van der Waals surface area contributed by atoms with Crippen molar-refractivity contribution in [3.8, 4) is 5.75 Å². The summed E-state index contributed by atoms with van der Waals surface area (Å²) in [6, 6.07) is 4.83. The maximum atomic E-state index is 12.9. The van der Waals surface area contributed by atoms with E-state index in [-0.39, 0.29) is 5.82 Å². The van der Waals surface area contributed by atoms with Crippen molar-refractivity contribution in [1.82, 2.24) is 5.32 Å². The molecule has 0 heterocycles. The molecule has 106 valence electrons. The Kier molecular flexibility index (Phi) is 5.93. The van der Waals surface area contributed by atoms with Crippen LogP contribution in [0.15, 0.2) is 18.2 Å². The predicted octanol–water partition coefficient (Wildman–Crippen LogP) is 4.17. The van der Waals surface area contributed by atoms with E-state index in [2.05, 4.69) is 5.32 Å². The van der Waals surface area contributed by atoms with E-state index in [1.165, 1.54) is 50.7 Å². The van der Waals surface area contributed by atoms with E-state index in [9.17, 15) is 4.39 Å². The van der Waals surface area contributed by atoms with Gasteiger partial charge in [0, 0.05) is 12.6 Å². The summed E-state index contributed by atoms with van der Waals surface area (Å²) in [5, 5.41) is 3.85. The van der Waals surface area contributed by atoms with Gasteiger partial charge in [-0.25, -0.2) is 4.39 Å². The molecule has 1 aliphatic rings. The average molecular weight is 286 g/mol. The molecule has 0 bridgehead atoms. The first-order chi connectivity index (χ1) is 9.25. The lowest BCUT2D eigenvalue weighted by molar-refractivity contribution is 0.300. The van der Waals surface area contributed by atoms with Crippen LogP contribution in [0.5, 0.6) is 5.75 Å². The Bertz CT molecular complexity index is 392. The second kappa shape index (κ2) is 7.71. The normalized spacial score (nSPS) is 17.2. The SMILES string of the molecule is Fc1ccc(OCCNC2CCCCCC2)c(Cl)c1. The second-order valence-electron chi connectivity index (χ2n) is 5.07. The van der Waals surface area contributed by atoms with Crippen LogP contribution in [-0.2, 0) is 0 Å². The topological polar surface area (TPSA) is 21.3 Å². The van der Waals surface area contributed by atoms with E-state index in [1.807, 2.05) is 0 Å². The molecule has 0 aromatic heterocycles. The lowest BCUT2D eigenvalue weighted by Crippen LogP contribution is -2.32. The highest BCUT2D eigenvalue weighted by Gasteiger charge is 2.11. The number of hydrogen-bond donors (Lipinski definition) is 1. The Morgan fingerprint density at radius 3 is 2.63 bits per heavy atom. The van der Waals surface area contributed by atoms with Crippen molar-refractivity contribution in [3.05, 3.63) is 29.0 Å². The van der Waals surface area contributed by atoms with Crippen molar-refractivity contribution in [2.75, 3.05) is 13.2 Å². The molecule has 0 amide bonds. The molecule has 1 fully saturated rings. The van der Waals surface area contributed by atoms with Crippen LogP contribution in [0.4, 0.5) is 4.39 Å². The smallest absolute Gasteiger partial charge is 0.138 e. The molecular formula is C15H21ClFNO. The maximum Gasteiger partial charge on any atom is 0.138 e. The van der Waals surface area contributed by atoms with E-state index in [1.54, 1.807) is 6.07 Å². The Hall–Kier alpha value is -0.800. The monoisotopic (exact) mass is 285 g/mol.